The van der Waals surface area contributed by atoms with Gasteiger partial charge < -0.3 is 19.5 Å². The molecule has 7 nitrogen and oxygen atoms in total. The third-order valence-electron chi connectivity index (χ3n) is 8.17. The van der Waals surface area contributed by atoms with E-state index >= 15 is 0 Å². The number of piperidine rings is 3. The van der Waals surface area contributed by atoms with E-state index in [1.54, 1.807) is 13.3 Å². The number of carbonyl (C=O) groups excluding carboxylic acids is 1. The first-order chi connectivity index (χ1) is 17.5. The second kappa shape index (κ2) is 9.82. The van der Waals surface area contributed by atoms with Crippen LogP contribution in [0.5, 0.6) is 11.6 Å². The molecule has 3 fully saturated rings. The lowest BCUT2D eigenvalue weighted by atomic mass is 9.70. The molecule has 2 atom stereocenters. The van der Waals surface area contributed by atoms with Gasteiger partial charge in [0.15, 0.2) is 0 Å². The van der Waals surface area contributed by atoms with Crippen LogP contribution in [-0.2, 0) is 11.2 Å². The van der Waals surface area contributed by atoms with Crippen LogP contribution >= 0.6 is 0 Å². The molecule has 1 amide bonds. The Hall–Kier alpha value is -2.80. The van der Waals surface area contributed by atoms with Crippen molar-refractivity contribution in [2.75, 3.05) is 26.7 Å². The number of hydrogen-bond acceptors (Lipinski definition) is 6. The topological polar surface area (TPSA) is 72.9 Å². The average molecular weight is 508 g/mol. The van der Waals surface area contributed by atoms with Crippen molar-refractivity contribution in [3.8, 4) is 22.8 Å². The summed E-state index contributed by atoms with van der Waals surface area (Å²) >= 11 is 0. The predicted molar refractivity (Wildman–Crippen MR) is 144 cm³/mol. The van der Waals surface area contributed by atoms with Crippen LogP contribution in [0, 0.1) is 11.3 Å². The highest BCUT2D eigenvalue weighted by Crippen LogP contribution is 2.47. The van der Waals surface area contributed by atoms with Crippen LogP contribution in [0.2, 0.25) is 0 Å². The first-order valence-electron chi connectivity index (χ1n) is 13.6. The number of amides is 1. The molecule has 2 bridgehead atoms. The number of pyridine rings is 1. The SMILES string of the molecule is COc1cc2c(cc1-c1ccnc(OC(C)(C)C)c1)CCC(C)(C)C2NC(=O)O[C@@H]1CN2CCC1CC2. The molecule has 4 aliphatic rings. The van der Waals surface area contributed by atoms with E-state index in [4.69, 9.17) is 14.2 Å². The van der Waals surface area contributed by atoms with E-state index in [2.05, 4.69) is 41.2 Å². The fourth-order valence-electron chi connectivity index (χ4n) is 6.10. The van der Waals surface area contributed by atoms with Crippen molar-refractivity contribution in [1.29, 1.82) is 0 Å². The molecule has 1 aliphatic carbocycles. The Morgan fingerprint density at radius 1 is 1.16 bits per heavy atom. The molecule has 1 unspecified atom stereocenters. The summed E-state index contributed by atoms with van der Waals surface area (Å²) in [7, 11) is 1.69. The number of carbonyl (C=O) groups is 1. The van der Waals surface area contributed by atoms with Crippen LogP contribution in [0.25, 0.3) is 11.1 Å². The van der Waals surface area contributed by atoms with Crippen LogP contribution in [0.15, 0.2) is 30.5 Å². The maximum Gasteiger partial charge on any atom is 0.407 e. The Morgan fingerprint density at radius 3 is 2.57 bits per heavy atom. The van der Waals surface area contributed by atoms with Crippen molar-refractivity contribution >= 4 is 6.09 Å². The number of nitrogens with zero attached hydrogens (tertiary/aromatic N) is 2. The number of benzene rings is 1. The van der Waals surface area contributed by atoms with Crippen LogP contribution in [0.3, 0.4) is 0 Å². The molecule has 6 rings (SSSR count). The molecule has 3 aliphatic heterocycles. The Bertz CT molecular complexity index is 1150. The maximum absolute atomic E-state index is 13.1. The molecule has 1 aromatic carbocycles. The number of hydrogen-bond donors (Lipinski definition) is 1. The van der Waals surface area contributed by atoms with Gasteiger partial charge in [0, 0.05) is 24.4 Å². The number of aromatic nitrogens is 1. The summed E-state index contributed by atoms with van der Waals surface area (Å²) in [5.41, 5.74) is 3.86. The highest BCUT2D eigenvalue weighted by Gasteiger charge is 2.40. The zero-order chi connectivity index (χ0) is 26.4. The molecule has 1 N–H and O–H groups in total. The third-order valence-corrected chi connectivity index (χ3v) is 8.17. The van der Waals surface area contributed by atoms with E-state index in [0.717, 1.165) is 67.8 Å². The molecular weight excluding hydrogens is 466 g/mol. The first kappa shape index (κ1) is 25.8. The fraction of sp³-hybridized carbons (Fsp3) is 0.600. The Kier molecular flexibility index (Phi) is 6.86. The van der Waals surface area contributed by atoms with Crippen LogP contribution in [-0.4, -0.2) is 54.4 Å². The van der Waals surface area contributed by atoms with E-state index in [1.165, 1.54) is 5.56 Å². The number of alkyl carbamates (subject to hydrolysis) is 1. The van der Waals surface area contributed by atoms with Gasteiger partial charge in [-0.1, -0.05) is 13.8 Å². The standard InChI is InChI=1S/C30H41N3O4/c1-29(2,3)37-26-16-21(8-12-31-26)22-15-20-7-11-30(4,5)27(23(20)17-24(22)35-6)32-28(34)36-25-18-33-13-9-19(25)10-14-33/h8,12,15-17,19,25,27H,7,9-11,13-14,18H2,1-6H3,(H,32,34)/t25-,27?/m1/s1. The summed E-state index contributed by atoms with van der Waals surface area (Å²) in [4.78, 5) is 19.9. The van der Waals surface area contributed by atoms with Gasteiger partial charge in [-0.2, -0.15) is 0 Å². The van der Waals surface area contributed by atoms with Gasteiger partial charge in [-0.3, -0.25) is 4.90 Å². The molecule has 3 saturated heterocycles. The maximum atomic E-state index is 13.1. The number of ether oxygens (including phenoxy) is 3. The van der Waals surface area contributed by atoms with Gasteiger partial charge in [-0.15, -0.1) is 0 Å². The van der Waals surface area contributed by atoms with Gasteiger partial charge in [0.05, 0.1) is 13.2 Å². The van der Waals surface area contributed by atoms with Gasteiger partial charge in [0.2, 0.25) is 5.88 Å². The van der Waals surface area contributed by atoms with Gasteiger partial charge in [0.1, 0.15) is 17.5 Å². The fourth-order valence-corrected chi connectivity index (χ4v) is 6.10. The number of methoxy groups -OCH3 is 1. The lowest BCUT2D eigenvalue weighted by Gasteiger charge is -2.44. The lowest BCUT2D eigenvalue weighted by molar-refractivity contribution is -0.0353. The molecule has 7 heteroatoms. The summed E-state index contributed by atoms with van der Waals surface area (Å²) < 4.78 is 17.9. The van der Waals surface area contributed by atoms with Crippen LogP contribution in [0.1, 0.15) is 71.0 Å². The van der Waals surface area contributed by atoms with E-state index in [9.17, 15) is 4.79 Å². The van der Waals surface area contributed by atoms with E-state index in [0.29, 0.717) is 11.8 Å². The average Bonchev–Trinajstić information content (AvgIpc) is 2.85. The van der Waals surface area contributed by atoms with Gasteiger partial charge in [0.25, 0.3) is 0 Å². The third kappa shape index (κ3) is 5.57. The Morgan fingerprint density at radius 2 is 1.92 bits per heavy atom. The van der Waals surface area contributed by atoms with Crippen molar-refractivity contribution in [3.05, 3.63) is 41.6 Å². The summed E-state index contributed by atoms with van der Waals surface area (Å²) in [6.07, 6.45) is 5.58. The van der Waals surface area contributed by atoms with Crippen LogP contribution in [0.4, 0.5) is 4.79 Å². The summed E-state index contributed by atoms with van der Waals surface area (Å²) in [5.74, 6) is 1.83. The van der Waals surface area contributed by atoms with Crippen molar-refractivity contribution in [1.82, 2.24) is 15.2 Å². The van der Waals surface area contributed by atoms with E-state index in [1.807, 2.05) is 32.9 Å². The largest absolute Gasteiger partial charge is 0.496 e. The zero-order valence-electron chi connectivity index (χ0n) is 23.1. The van der Waals surface area contributed by atoms with Gasteiger partial charge in [-0.05, 0) is 106 Å². The Balaban J connectivity index is 1.41. The summed E-state index contributed by atoms with van der Waals surface area (Å²) in [5, 5.41) is 3.25. The number of fused-ring (bicyclic) bond motifs is 4. The quantitative estimate of drug-likeness (QED) is 0.554. The van der Waals surface area contributed by atoms with Crippen molar-refractivity contribution < 1.29 is 19.0 Å². The molecule has 4 heterocycles. The lowest BCUT2D eigenvalue weighted by Crippen LogP contribution is -2.53. The molecule has 37 heavy (non-hydrogen) atoms. The monoisotopic (exact) mass is 507 g/mol. The predicted octanol–water partition coefficient (Wildman–Crippen LogP) is 5.77. The van der Waals surface area contributed by atoms with Crippen molar-refractivity contribution in [2.45, 2.75) is 78.0 Å². The highest BCUT2D eigenvalue weighted by molar-refractivity contribution is 5.74. The molecule has 1 aromatic heterocycles. The minimum absolute atomic E-state index is 0.0122. The molecule has 0 radical (unpaired) electrons. The molecule has 0 saturated carbocycles. The molecule has 0 spiro atoms. The first-order valence-corrected chi connectivity index (χ1v) is 13.6. The minimum atomic E-state index is -0.334. The molecule has 2 aromatic rings. The summed E-state index contributed by atoms with van der Waals surface area (Å²) in [6, 6.07) is 8.07. The number of rotatable bonds is 5. The highest BCUT2D eigenvalue weighted by atomic mass is 16.6. The van der Waals surface area contributed by atoms with Crippen molar-refractivity contribution in [2.24, 2.45) is 11.3 Å². The van der Waals surface area contributed by atoms with Crippen LogP contribution < -0.4 is 14.8 Å². The van der Waals surface area contributed by atoms with E-state index in [-0.39, 0.29) is 29.3 Å². The smallest absolute Gasteiger partial charge is 0.407 e. The normalized spacial score (nSPS) is 26.2. The Labute approximate surface area is 220 Å². The number of aryl methyl sites for hydroxylation is 1. The van der Waals surface area contributed by atoms with Gasteiger partial charge in [-0.25, -0.2) is 9.78 Å². The van der Waals surface area contributed by atoms with Crippen molar-refractivity contribution in [3.63, 3.8) is 0 Å². The van der Waals surface area contributed by atoms with Gasteiger partial charge >= 0.3 is 6.09 Å². The van der Waals surface area contributed by atoms with E-state index < -0.39 is 0 Å². The zero-order valence-corrected chi connectivity index (χ0v) is 23.1. The second-order valence-electron chi connectivity index (χ2n) is 12.5. The summed E-state index contributed by atoms with van der Waals surface area (Å²) in [6.45, 7) is 13.6. The molecule has 200 valence electrons. The second-order valence-corrected chi connectivity index (χ2v) is 12.5. The number of nitrogens with one attached hydrogen (secondary N) is 1. The minimum Gasteiger partial charge on any atom is -0.496 e. The molecular formula is C30H41N3O4.